The number of fused-ring (bicyclic) bond motifs is 2. The first-order valence-corrected chi connectivity index (χ1v) is 7.55. The molecule has 0 aliphatic carbocycles. The lowest BCUT2D eigenvalue weighted by Crippen LogP contribution is -2.40. The molecule has 2 bridgehead atoms. The zero-order chi connectivity index (χ0) is 14.3. The Kier molecular flexibility index (Phi) is 3.44. The summed E-state index contributed by atoms with van der Waals surface area (Å²) in [5, 5.41) is 0.519. The molecule has 0 unspecified atom stereocenters. The molecule has 2 nitrogen and oxygen atoms in total. The van der Waals surface area contributed by atoms with Gasteiger partial charge in [0.1, 0.15) is 0 Å². The summed E-state index contributed by atoms with van der Waals surface area (Å²) in [6.07, 6.45) is -3.28. The first kappa shape index (κ1) is 13.8. The van der Waals surface area contributed by atoms with Crippen LogP contribution in [0.3, 0.4) is 0 Å². The maximum atomic E-state index is 12.6. The first-order chi connectivity index (χ1) is 9.43. The van der Waals surface area contributed by atoms with Crippen LogP contribution in [0.4, 0.5) is 13.2 Å². The summed E-state index contributed by atoms with van der Waals surface area (Å²) >= 11 is 1.88. The molecule has 2 saturated heterocycles. The van der Waals surface area contributed by atoms with Gasteiger partial charge in [-0.25, -0.2) is 0 Å². The summed E-state index contributed by atoms with van der Waals surface area (Å²) in [4.78, 5) is 14.0. The highest BCUT2D eigenvalue weighted by Crippen LogP contribution is 2.37. The summed E-state index contributed by atoms with van der Waals surface area (Å²) in [7, 11) is 0. The van der Waals surface area contributed by atoms with Crippen LogP contribution in [0.15, 0.2) is 24.3 Å². The second-order valence-electron chi connectivity index (χ2n) is 5.27. The smallest absolute Gasteiger partial charge is 0.337 e. The number of thioether (sulfide) groups is 1. The van der Waals surface area contributed by atoms with Gasteiger partial charge in [0.15, 0.2) is 0 Å². The Bertz CT molecular complexity index is 531. The van der Waals surface area contributed by atoms with E-state index in [2.05, 4.69) is 0 Å². The minimum Gasteiger partial charge on any atom is -0.337 e. The molecule has 2 heterocycles. The zero-order valence-corrected chi connectivity index (χ0v) is 11.5. The second-order valence-corrected chi connectivity index (χ2v) is 6.60. The molecule has 20 heavy (non-hydrogen) atoms. The molecular weight excluding hydrogens is 287 g/mol. The van der Waals surface area contributed by atoms with Gasteiger partial charge < -0.3 is 4.90 Å². The molecule has 0 spiro atoms. The average Bonchev–Trinajstić information content (AvgIpc) is 3.00. The van der Waals surface area contributed by atoms with Crippen molar-refractivity contribution in [1.29, 1.82) is 0 Å². The standard InChI is InChI=1S/C14H14F3NOS/c15-14(16,17)10-3-1-2-9(4-10)5-13(19)18-7-12-6-11(18)8-20-12/h1-4,11-12H,5-8H2/t11-,12+/m0/s1. The molecule has 2 fully saturated rings. The average molecular weight is 301 g/mol. The van der Waals surface area contributed by atoms with Gasteiger partial charge in [0.25, 0.3) is 0 Å². The number of rotatable bonds is 2. The monoisotopic (exact) mass is 301 g/mol. The highest BCUT2D eigenvalue weighted by Gasteiger charge is 2.40. The Labute approximate surface area is 119 Å². The Hall–Kier alpha value is -1.17. The van der Waals surface area contributed by atoms with Crippen LogP contribution < -0.4 is 0 Å². The third-order valence-electron chi connectivity index (χ3n) is 3.83. The molecule has 0 N–H and O–H groups in total. The molecule has 6 heteroatoms. The van der Waals surface area contributed by atoms with Crippen LogP contribution in [0.2, 0.25) is 0 Å². The zero-order valence-electron chi connectivity index (χ0n) is 10.7. The fourth-order valence-corrected chi connectivity index (χ4v) is 4.27. The van der Waals surface area contributed by atoms with Crippen LogP contribution in [-0.2, 0) is 17.4 Å². The van der Waals surface area contributed by atoms with Crippen molar-refractivity contribution >= 4 is 17.7 Å². The summed E-state index contributed by atoms with van der Waals surface area (Å²) < 4.78 is 37.9. The van der Waals surface area contributed by atoms with Crippen molar-refractivity contribution in [3.8, 4) is 0 Å². The minimum atomic E-state index is -4.36. The lowest BCUT2D eigenvalue weighted by atomic mass is 10.1. The van der Waals surface area contributed by atoms with E-state index in [0.29, 0.717) is 10.8 Å². The molecule has 3 rings (SSSR count). The van der Waals surface area contributed by atoms with E-state index in [1.807, 2.05) is 16.7 Å². The van der Waals surface area contributed by atoms with Crippen LogP contribution in [0.5, 0.6) is 0 Å². The predicted molar refractivity (Wildman–Crippen MR) is 71.5 cm³/mol. The van der Waals surface area contributed by atoms with E-state index < -0.39 is 11.7 Å². The van der Waals surface area contributed by atoms with Crippen molar-refractivity contribution in [3.05, 3.63) is 35.4 Å². The molecule has 0 aromatic heterocycles. The molecular formula is C14H14F3NOS. The Morgan fingerprint density at radius 1 is 1.40 bits per heavy atom. The molecule has 2 aliphatic rings. The second kappa shape index (κ2) is 4.98. The van der Waals surface area contributed by atoms with Gasteiger partial charge in [-0.3, -0.25) is 4.79 Å². The van der Waals surface area contributed by atoms with E-state index in [-0.39, 0.29) is 18.4 Å². The van der Waals surface area contributed by atoms with Crippen LogP contribution in [0.1, 0.15) is 17.5 Å². The Balaban J connectivity index is 1.70. The number of hydrogen-bond donors (Lipinski definition) is 0. The number of amides is 1. The first-order valence-electron chi connectivity index (χ1n) is 6.50. The number of benzene rings is 1. The molecule has 2 atom stereocenters. The number of carbonyl (C=O) groups is 1. The van der Waals surface area contributed by atoms with Crippen molar-refractivity contribution in [2.24, 2.45) is 0 Å². The largest absolute Gasteiger partial charge is 0.416 e. The van der Waals surface area contributed by atoms with Crippen LogP contribution in [0.25, 0.3) is 0 Å². The lowest BCUT2D eigenvalue weighted by molar-refractivity contribution is -0.138. The molecule has 108 valence electrons. The van der Waals surface area contributed by atoms with Crippen molar-refractivity contribution in [2.45, 2.75) is 30.3 Å². The molecule has 2 aliphatic heterocycles. The molecule has 1 aromatic carbocycles. The van der Waals surface area contributed by atoms with Gasteiger partial charge in [0.05, 0.1) is 12.0 Å². The number of halogens is 3. The van der Waals surface area contributed by atoms with E-state index in [9.17, 15) is 18.0 Å². The maximum absolute atomic E-state index is 12.6. The number of hydrogen-bond acceptors (Lipinski definition) is 2. The van der Waals surface area contributed by atoms with Crippen LogP contribution in [-0.4, -0.2) is 34.4 Å². The third kappa shape index (κ3) is 2.66. The van der Waals surface area contributed by atoms with E-state index in [0.717, 1.165) is 30.9 Å². The fraction of sp³-hybridized carbons (Fsp3) is 0.500. The Morgan fingerprint density at radius 2 is 2.20 bits per heavy atom. The van der Waals surface area contributed by atoms with Crippen LogP contribution >= 0.6 is 11.8 Å². The minimum absolute atomic E-state index is 0.0534. The lowest BCUT2D eigenvalue weighted by Gasteiger charge is -2.26. The van der Waals surface area contributed by atoms with E-state index in [4.69, 9.17) is 0 Å². The summed E-state index contributed by atoms with van der Waals surface area (Å²) in [6.45, 7) is 0.743. The van der Waals surface area contributed by atoms with E-state index in [1.165, 1.54) is 6.07 Å². The number of alkyl halides is 3. The summed E-state index contributed by atoms with van der Waals surface area (Å²) in [5.41, 5.74) is -0.262. The number of nitrogens with zero attached hydrogens (tertiary/aromatic N) is 1. The topological polar surface area (TPSA) is 20.3 Å². The van der Waals surface area contributed by atoms with Gasteiger partial charge in [0.2, 0.25) is 5.91 Å². The quantitative estimate of drug-likeness (QED) is 0.837. The van der Waals surface area contributed by atoms with Crippen molar-refractivity contribution in [3.63, 3.8) is 0 Å². The Morgan fingerprint density at radius 3 is 2.80 bits per heavy atom. The van der Waals surface area contributed by atoms with E-state index in [1.54, 1.807) is 6.07 Å². The van der Waals surface area contributed by atoms with Gasteiger partial charge in [-0.15, -0.1) is 0 Å². The van der Waals surface area contributed by atoms with Crippen LogP contribution in [0, 0.1) is 0 Å². The molecule has 0 radical (unpaired) electrons. The number of likely N-dealkylation sites (tertiary alicyclic amines) is 1. The highest BCUT2D eigenvalue weighted by atomic mass is 32.2. The van der Waals surface area contributed by atoms with Gasteiger partial charge >= 0.3 is 6.18 Å². The van der Waals surface area contributed by atoms with Crippen molar-refractivity contribution < 1.29 is 18.0 Å². The van der Waals surface area contributed by atoms with Gasteiger partial charge in [-0.2, -0.15) is 24.9 Å². The van der Waals surface area contributed by atoms with Gasteiger partial charge in [-0.1, -0.05) is 18.2 Å². The van der Waals surface area contributed by atoms with E-state index >= 15 is 0 Å². The molecule has 0 saturated carbocycles. The highest BCUT2D eigenvalue weighted by molar-refractivity contribution is 8.00. The van der Waals surface area contributed by atoms with Crippen molar-refractivity contribution in [1.82, 2.24) is 4.90 Å². The normalized spacial score (nSPS) is 25.2. The summed E-state index contributed by atoms with van der Waals surface area (Å²) in [6, 6.07) is 5.32. The van der Waals surface area contributed by atoms with Crippen molar-refractivity contribution in [2.75, 3.05) is 12.3 Å². The SMILES string of the molecule is O=C(Cc1cccc(C(F)(F)F)c1)N1C[C@H]2C[C@H]1CS2. The fourth-order valence-electron chi connectivity index (χ4n) is 2.84. The summed E-state index contributed by atoms with van der Waals surface area (Å²) in [5.74, 6) is 0.899. The maximum Gasteiger partial charge on any atom is 0.416 e. The van der Waals surface area contributed by atoms with Gasteiger partial charge in [-0.05, 0) is 18.1 Å². The predicted octanol–water partition coefficient (Wildman–Crippen LogP) is 2.96. The number of carbonyl (C=O) groups excluding carboxylic acids is 1. The van der Waals surface area contributed by atoms with Gasteiger partial charge in [0, 0.05) is 23.6 Å². The molecule has 1 amide bonds. The third-order valence-corrected chi connectivity index (χ3v) is 5.22. The molecule has 1 aromatic rings.